The Kier molecular flexibility index (Phi) is 5.13. The van der Waals surface area contributed by atoms with Crippen molar-refractivity contribution in [3.05, 3.63) is 58.2 Å². The zero-order chi connectivity index (χ0) is 20.4. The van der Waals surface area contributed by atoms with Gasteiger partial charge in [0.25, 0.3) is 0 Å². The number of nitrogens with one attached hydrogen (secondary N) is 1. The molecule has 0 atom stereocenters. The number of benzene rings is 1. The normalized spacial score (nSPS) is 11.0. The molecule has 0 spiro atoms. The van der Waals surface area contributed by atoms with Gasteiger partial charge in [-0.3, -0.25) is 9.36 Å². The number of aryl methyl sites for hydroxylation is 1. The fraction of sp³-hybridized carbons (Fsp3) is 0.200. The van der Waals surface area contributed by atoms with Crippen molar-refractivity contribution in [3.8, 4) is 17.2 Å². The maximum atomic E-state index is 12.7. The number of hydrogen-bond acceptors (Lipinski definition) is 7. The first kappa shape index (κ1) is 18.9. The predicted molar refractivity (Wildman–Crippen MR) is 110 cm³/mol. The standard InChI is InChI=1S/C20H18N4O4S/c1-3-27-14-8-6-13(7-9-14)22-16(25)11-24-19-18(21-12(2)29-19)17(23-20(24)26)15-5-4-10-28-15/h4-10H,3,11H2,1-2H3,(H,22,25). The van der Waals surface area contributed by atoms with E-state index < -0.39 is 5.69 Å². The number of aromatic nitrogens is 3. The minimum absolute atomic E-state index is 0.171. The molecule has 0 aliphatic carbocycles. The molecule has 3 aromatic heterocycles. The Bertz CT molecular complexity index is 1210. The first-order chi connectivity index (χ1) is 14.0. The quantitative estimate of drug-likeness (QED) is 0.523. The minimum Gasteiger partial charge on any atom is -0.494 e. The predicted octanol–water partition coefficient (Wildman–Crippen LogP) is 3.46. The molecule has 1 amide bonds. The van der Waals surface area contributed by atoms with Crippen LogP contribution >= 0.6 is 11.3 Å². The summed E-state index contributed by atoms with van der Waals surface area (Å²) in [6.07, 6.45) is 1.51. The van der Waals surface area contributed by atoms with E-state index >= 15 is 0 Å². The minimum atomic E-state index is -0.533. The summed E-state index contributed by atoms with van der Waals surface area (Å²) in [7, 11) is 0. The number of amides is 1. The van der Waals surface area contributed by atoms with Crippen LogP contribution in [-0.4, -0.2) is 27.0 Å². The van der Waals surface area contributed by atoms with Gasteiger partial charge >= 0.3 is 5.69 Å². The van der Waals surface area contributed by atoms with Crippen LogP contribution in [0.1, 0.15) is 11.9 Å². The van der Waals surface area contributed by atoms with Crippen LogP contribution in [-0.2, 0) is 11.3 Å². The van der Waals surface area contributed by atoms with E-state index in [4.69, 9.17) is 9.15 Å². The molecule has 0 saturated heterocycles. The summed E-state index contributed by atoms with van der Waals surface area (Å²) in [5.74, 6) is 0.848. The highest BCUT2D eigenvalue weighted by atomic mass is 32.1. The largest absolute Gasteiger partial charge is 0.494 e. The molecule has 4 aromatic rings. The van der Waals surface area contributed by atoms with Gasteiger partial charge in [0.1, 0.15) is 28.3 Å². The van der Waals surface area contributed by atoms with Gasteiger partial charge < -0.3 is 14.5 Å². The van der Waals surface area contributed by atoms with Crippen molar-refractivity contribution in [2.45, 2.75) is 20.4 Å². The molecule has 1 aromatic carbocycles. The average molecular weight is 410 g/mol. The Morgan fingerprint density at radius 3 is 2.72 bits per heavy atom. The van der Waals surface area contributed by atoms with Gasteiger partial charge in [-0.05, 0) is 50.2 Å². The van der Waals surface area contributed by atoms with Gasteiger partial charge in [-0.1, -0.05) is 0 Å². The fourth-order valence-corrected chi connectivity index (χ4v) is 3.83. The number of carbonyl (C=O) groups excluding carboxylic acids is 1. The first-order valence-corrected chi connectivity index (χ1v) is 9.81. The SMILES string of the molecule is CCOc1ccc(NC(=O)Cn2c(=O)nc(-c3ccco3)c3nc(C)sc32)cc1. The lowest BCUT2D eigenvalue weighted by atomic mass is 10.3. The summed E-state index contributed by atoms with van der Waals surface area (Å²) in [4.78, 5) is 34.4. The molecular formula is C20H18N4O4S. The highest BCUT2D eigenvalue weighted by molar-refractivity contribution is 7.18. The molecule has 3 heterocycles. The third kappa shape index (κ3) is 3.90. The second-order valence-corrected chi connectivity index (χ2v) is 7.38. The van der Waals surface area contributed by atoms with Crippen LogP contribution in [0, 0.1) is 6.92 Å². The molecule has 0 saturated carbocycles. The average Bonchev–Trinajstić information content (AvgIpc) is 3.35. The molecule has 0 aliphatic rings. The number of thiazole rings is 1. The first-order valence-electron chi connectivity index (χ1n) is 8.99. The van der Waals surface area contributed by atoms with E-state index in [-0.39, 0.29) is 12.5 Å². The molecule has 148 valence electrons. The highest BCUT2D eigenvalue weighted by Crippen LogP contribution is 2.29. The van der Waals surface area contributed by atoms with E-state index in [1.807, 2.05) is 13.8 Å². The van der Waals surface area contributed by atoms with Gasteiger partial charge in [-0.25, -0.2) is 9.78 Å². The van der Waals surface area contributed by atoms with Gasteiger partial charge in [0, 0.05) is 5.69 Å². The number of nitrogens with zero attached hydrogens (tertiary/aromatic N) is 3. The maximum Gasteiger partial charge on any atom is 0.349 e. The molecule has 0 radical (unpaired) electrons. The van der Waals surface area contributed by atoms with Gasteiger partial charge in [-0.15, -0.1) is 11.3 Å². The third-order valence-electron chi connectivity index (χ3n) is 4.13. The van der Waals surface area contributed by atoms with Crippen molar-refractivity contribution in [2.24, 2.45) is 0 Å². The van der Waals surface area contributed by atoms with Crippen LogP contribution in [0.5, 0.6) is 5.75 Å². The van der Waals surface area contributed by atoms with Crippen molar-refractivity contribution < 1.29 is 13.9 Å². The number of furan rings is 1. The Hall–Kier alpha value is -3.46. The van der Waals surface area contributed by atoms with Crippen molar-refractivity contribution >= 4 is 33.3 Å². The van der Waals surface area contributed by atoms with Gasteiger partial charge in [0.2, 0.25) is 5.91 Å². The summed E-state index contributed by atoms with van der Waals surface area (Å²) in [6, 6.07) is 10.5. The Labute approximate surface area is 169 Å². The van der Waals surface area contributed by atoms with E-state index in [9.17, 15) is 9.59 Å². The van der Waals surface area contributed by atoms with E-state index in [0.29, 0.717) is 34.1 Å². The lowest BCUT2D eigenvalue weighted by molar-refractivity contribution is -0.116. The van der Waals surface area contributed by atoms with E-state index in [1.165, 1.54) is 22.2 Å². The number of hydrogen-bond donors (Lipinski definition) is 1. The summed E-state index contributed by atoms with van der Waals surface area (Å²) < 4.78 is 12.1. The van der Waals surface area contributed by atoms with Crippen molar-refractivity contribution in [2.75, 3.05) is 11.9 Å². The number of carbonyl (C=O) groups is 1. The van der Waals surface area contributed by atoms with Crippen molar-refractivity contribution in [1.29, 1.82) is 0 Å². The van der Waals surface area contributed by atoms with E-state index in [1.54, 1.807) is 36.4 Å². The number of rotatable bonds is 6. The van der Waals surface area contributed by atoms with Gasteiger partial charge in [-0.2, -0.15) is 4.98 Å². The summed E-state index contributed by atoms with van der Waals surface area (Å²) in [6.45, 7) is 4.14. The van der Waals surface area contributed by atoms with Crippen LogP contribution < -0.4 is 15.7 Å². The topological polar surface area (TPSA) is 99.2 Å². The highest BCUT2D eigenvalue weighted by Gasteiger charge is 2.19. The number of fused-ring (bicyclic) bond motifs is 1. The van der Waals surface area contributed by atoms with Crippen LogP contribution in [0.15, 0.2) is 51.9 Å². The maximum absolute atomic E-state index is 12.7. The molecule has 0 unspecified atom stereocenters. The van der Waals surface area contributed by atoms with Gasteiger partial charge in [0.05, 0.1) is 17.9 Å². The molecule has 9 heteroatoms. The molecular weight excluding hydrogens is 392 g/mol. The van der Waals surface area contributed by atoms with Crippen LogP contribution in [0.2, 0.25) is 0 Å². The number of ether oxygens (including phenoxy) is 1. The van der Waals surface area contributed by atoms with Crippen LogP contribution in [0.25, 0.3) is 21.8 Å². The molecule has 0 aliphatic heterocycles. The second kappa shape index (κ2) is 7.88. The van der Waals surface area contributed by atoms with Crippen LogP contribution in [0.3, 0.4) is 0 Å². The fourth-order valence-electron chi connectivity index (χ4n) is 2.92. The zero-order valence-corrected chi connectivity index (χ0v) is 16.7. The van der Waals surface area contributed by atoms with E-state index in [2.05, 4.69) is 15.3 Å². The summed E-state index contributed by atoms with van der Waals surface area (Å²) in [5.41, 5.74) is 0.997. The zero-order valence-electron chi connectivity index (χ0n) is 15.8. The third-order valence-corrected chi connectivity index (χ3v) is 5.12. The van der Waals surface area contributed by atoms with Crippen molar-refractivity contribution in [1.82, 2.24) is 14.5 Å². The van der Waals surface area contributed by atoms with Gasteiger partial charge in [0.15, 0.2) is 5.76 Å². The molecule has 0 bridgehead atoms. The van der Waals surface area contributed by atoms with Crippen molar-refractivity contribution in [3.63, 3.8) is 0 Å². The Balaban J connectivity index is 1.62. The van der Waals surface area contributed by atoms with E-state index in [0.717, 1.165) is 10.8 Å². The summed E-state index contributed by atoms with van der Waals surface area (Å²) >= 11 is 1.33. The molecule has 0 fully saturated rings. The lowest BCUT2D eigenvalue weighted by Gasteiger charge is -2.09. The second-order valence-electron chi connectivity index (χ2n) is 6.20. The molecule has 4 rings (SSSR count). The smallest absolute Gasteiger partial charge is 0.349 e. The van der Waals surface area contributed by atoms with Crippen LogP contribution in [0.4, 0.5) is 5.69 Å². The lowest BCUT2D eigenvalue weighted by Crippen LogP contribution is -2.29. The monoisotopic (exact) mass is 410 g/mol. The number of anilines is 1. The Morgan fingerprint density at radius 2 is 2.03 bits per heavy atom. The Morgan fingerprint density at radius 1 is 1.24 bits per heavy atom. The molecule has 29 heavy (non-hydrogen) atoms. The molecule has 8 nitrogen and oxygen atoms in total. The molecule has 1 N–H and O–H groups in total. The summed E-state index contributed by atoms with van der Waals surface area (Å²) in [5, 5.41) is 3.55.